The van der Waals surface area contributed by atoms with E-state index in [1.807, 2.05) is 0 Å². The van der Waals surface area contributed by atoms with Gasteiger partial charge in [-0.05, 0) is 43.0 Å². The van der Waals surface area contributed by atoms with E-state index in [2.05, 4.69) is 11.6 Å². The van der Waals surface area contributed by atoms with Crippen molar-refractivity contribution in [1.29, 1.82) is 0 Å². The van der Waals surface area contributed by atoms with Crippen molar-refractivity contribution in [1.82, 2.24) is 4.72 Å². The van der Waals surface area contributed by atoms with Crippen LogP contribution in [0.3, 0.4) is 0 Å². The van der Waals surface area contributed by atoms with Gasteiger partial charge in [0, 0.05) is 11.4 Å². The monoisotopic (exact) mass is 419 g/mol. The molecule has 0 aliphatic rings. The van der Waals surface area contributed by atoms with Crippen molar-refractivity contribution in [3.8, 4) is 0 Å². The Bertz CT molecular complexity index is 829. The van der Waals surface area contributed by atoms with Crippen LogP contribution in [0.2, 0.25) is 0 Å². The van der Waals surface area contributed by atoms with Crippen molar-refractivity contribution in [3.63, 3.8) is 0 Å². The Kier molecular flexibility index (Phi) is 7.88. The van der Waals surface area contributed by atoms with Gasteiger partial charge in [-0.15, -0.1) is 11.3 Å². The van der Waals surface area contributed by atoms with E-state index < -0.39 is 21.8 Å². The minimum absolute atomic E-state index is 0.247. The van der Waals surface area contributed by atoms with Gasteiger partial charge in [0.25, 0.3) is 0 Å². The van der Waals surface area contributed by atoms with Crippen LogP contribution in [0.1, 0.15) is 48.6 Å². The molecule has 27 heavy (non-hydrogen) atoms. The van der Waals surface area contributed by atoms with Crippen LogP contribution >= 0.6 is 11.3 Å². The first-order chi connectivity index (χ1) is 12.7. The van der Waals surface area contributed by atoms with E-state index in [4.69, 9.17) is 0 Å². The third-order valence-corrected chi connectivity index (χ3v) is 7.24. The lowest BCUT2D eigenvalue weighted by Crippen LogP contribution is -2.23. The molecule has 2 aromatic rings. The Balaban J connectivity index is 1.92. The van der Waals surface area contributed by atoms with Gasteiger partial charge in [0.15, 0.2) is 0 Å². The highest BCUT2D eigenvalue weighted by molar-refractivity contribution is 7.91. The molecule has 2 rings (SSSR count). The summed E-state index contributed by atoms with van der Waals surface area (Å²) in [4.78, 5) is 0.832. The summed E-state index contributed by atoms with van der Waals surface area (Å²) in [6.07, 6.45) is 0.537. The van der Waals surface area contributed by atoms with Crippen LogP contribution in [0.4, 0.5) is 13.2 Å². The number of thiophene rings is 1. The van der Waals surface area contributed by atoms with Gasteiger partial charge in [0.1, 0.15) is 4.21 Å². The fraction of sp³-hybridized carbons (Fsp3) is 0.474. The summed E-state index contributed by atoms with van der Waals surface area (Å²) in [5.41, 5.74) is -0.0848. The molecule has 1 heterocycles. The third-order valence-electron chi connectivity index (χ3n) is 4.14. The van der Waals surface area contributed by atoms with Crippen molar-refractivity contribution in [2.45, 2.75) is 55.8 Å². The summed E-state index contributed by atoms with van der Waals surface area (Å²) >= 11 is 1.16. The Morgan fingerprint density at radius 3 is 2.52 bits per heavy atom. The zero-order chi connectivity index (χ0) is 19.9. The maximum absolute atomic E-state index is 12.8. The van der Waals surface area contributed by atoms with Crippen LogP contribution in [-0.4, -0.2) is 15.0 Å². The number of sulfonamides is 1. The lowest BCUT2D eigenvalue weighted by atomic mass is 10.1. The van der Waals surface area contributed by atoms with Gasteiger partial charge < -0.3 is 0 Å². The molecule has 0 saturated carbocycles. The molecule has 1 aromatic heterocycles. The minimum atomic E-state index is -4.36. The topological polar surface area (TPSA) is 46.2 Å². The lowest BCUT2D eigenvalue weighted by molar-refractivity contribution is -0.137. The van der Waals surface area contributed by atoms with Gasteiger partial charge in [0.2, 0.25) is 10.0 Å². The average molecular weight is 420 g/mol. The van der Waals surface area contributed by atoms with Crippen LogP contribution in [0.5, 0.6) is 0 Å². The number of unbranched alkanes of at least 4 members (excludes halogenated alkanes) is 3. The Labute approximate surface area is 162 Å². The van der Waals surface area contributed by atoms with Crippen LogP contribution in [0.15, 0.2) is 40.6 Å². The molecule has 0 aliphatic carbocycles. The van der Waals surface area contributed by atoms with Crippen molar-refractivity contribution < 1.29 is 21.6 Å². The first-order valence-corrected chi connectivity index (χ1v) is 11.3. The van der Waals surface area contributed by atoms with Crippen LogP contribution in [-0.2, 0) is 29.0 Å². The summed E-state index contributed by atoms with van der Waals surface area (Å²) in [6, 6.07) is 8.52. The SMILES string of the molecule is CCCCCCNS(=O)(=O)c1ccc(CCc2cccc(C(F)(F)F)c2)s1. The molecule has 0 fully saturated rings. The van der Waals surface area contributed by atoms with E-state index in [1.165, 1.54) is 6.07 Å². The normalized spacial score (nSPS) is 12.4. The van der Waals surface area contributed by atoms with E-state index >= 15 is 0 Å². The van der Waals surface area contributed by atoms with Crippen LogP contribution in [0, 0.1) is 0 Å². The zero-order valence-corrected chi connectivity index (χ0v) is 16.8. The Hall–Kier alpha value is -1.38. The van der Waals surface area contributed by atoms with E-state index in [9.17, 15) is 21.6 Å². The molecule has 1 aromatic carbocycles. The summed E-state index contributed by atoms with van der Waals surface area (Å²) in [6.45, 7) is 2.51. The Morgan fingerprint density at radius 1 is 1.04 bits per heavy atom. The maximum atomic E-state index is 12.8. The molecule has 3 nitrogen and oxygen atoms in total. The van der Waals surface area contributed by atoms with Gasteiger partial charge in [0.05, 0.1) is 5.56 Å². The molecule has 0 spiro atoms. The standard InChI is InChI=1S/C19H24F3NO2S2/c1-2-3-4-5-13-23-27(24,25)18-12-11-17(26-18)10-9-15-7-6-8-16(14-15)19(20,21)22/h6-8,11-12,14,23H,2-5,9-10,13H2,1H3. The fourth-order valence-electron chi connectivity index (χ4n) is 2.64. The largest absolute Gasteiger partial charge is 0.416 e. The molecule has 8 heteroatoms. The van der Waals surface area contributed by atoms with E-state index in [0.29, 0.717) is 24.9 Å². The molecular formula is C19H24F3NO2S2. The van der Waals surface area contributed by atoms with Crippen molar-refractivity contribution in [2.24, 2.45) is 0 Å². The van der Waals surface area contributed by atoms with Gasteiger partial charge in [-0.25, -0.2) is 13.1 Å². The van der Waals surface area contributed by atoms with Crippen molar-refractivity contribution in [2.75, 3.05) is 6.54 Å². The number of nitrogens with one attached hydrogen (secondary N) is 1. The first-order valence-electron chi connectivity index (χ1n) is 8.97. The Morgan fingerprint density at radius 2 is 1.81 bits per heavy atom. The predicted molar refractivity (Wildman–Crippen MR) is 103 cm³/mol. The van der Waals surface area contributed by atoms with Gasteiger partial charge in [-0.2, -0.15) is 13.2 Å². The van der Waals surface area contributed by atoms with Crippen molar-refractivity contribution in [3.05, 3.63) is 52.4 Å². The van der Waals surface area contributed by atoms with Crippen LogP contribution < -0.4 is 4.72 Å². The van der Waals surface area contributed by atoms with Gasteiger partial charge in [-0.1, -0.05) is 44.4 Å². The van der Waals surface area contributed by atoms with Crippen LogP contribution in [0.25, 0.3) is 0 Å². The summed E-state index contributed by atoms with van der Waals surface area (Å²) < 4.78 is 65.7. The molecule has 0 amide bonds. The number of hydrogen-bond acceptors (Lipinski definition) is 3. The van der Waals surface area contributed by atoms with Crippen molar-refractivity contribution >= 4 is 21.4 Å². The number of halogens is 3. The highest BCUT2D eigenvalue weighted by Gasteiger charge is 2.30. The first kappa shape index (κ1) is 21.9. The fourth-order valence-corrected chi connectivity index (χ4v) is 5.11. The molecule has 150 valence electrons. The lowest BCUT2D eigenvalue weighted by Gasteiger charge is -2.08. The minimum Gasteiger partial charge on any atom is -0.210 e. The second kappa shape index (κ2) is 9.71. The van der Waals surface area contributed by atoms with Gasteiger partial charge in [-0.3, -0.25) is 0 Å². The molecule has 0 bridgehead atoms. The molecule has 0 saturated heterocycles. The number of aryl methyl sites for hydroxylation is 2. The maximum Gasteiger partial charge on any atom is 0.416 e. The molecule has 0 unspecified atom stereocenters. The van der Waals surface area contributed by atoms with E-state index in [-0.39, 0.29) is 4.21 Å². The second-order valence-electron chi connectivity index (χ2n) is 6.38. The molecular weight excluding hydrogens is 395 g/mol. The zero-order valence-electron chi connectivity index (χ0n) is 15.2. The third kappa shape index (κ3) is 6.93. The smallest absolute Gasteiger partial charge is 0.210 e. The molecule has 0 radical (unpaired) electrons. The van der Waals surface area contributed by atoms with Gasteiger partial charge >= 0.3 is 6.18 Å². The average Bonchev–Trinajstić information content (AvgIpc) is 3.09. The van der Waals surface area contributed by atoms with E-state index in [0.717, 1.165) is 54.0 Å². The predicted octanol–water partition coefficient (Wildman–Crippen LogP) is 5.41. The van der Waals surface area contributed by atoms with E-state index in [1.54, 1.807) is 18.2 Å². The highest BCUT2D eigenvalue weighted by atomic mass is 32.2. The number of hydrogen-bond donors (Lipinski definition) is 1. The summed E-state index contributed by atoms with van der Waals surface area (Å²) in [5, 5.41) is 0. The number of rotatable bonds is 10. The molecule has 1 N–H and O–H groups in total. The number of benzene rings is 1. The molecule has 0 atom stereocenters. The summed E-state index contributed by atoms with van der Waals surface area (Å²) in [7, 11) is -3.52. The quantitative estimate of drug-likeness (QED) is 0.523. The highest BCUT2D eigenvalue weighted by Crippen LogP contribution is 2.30. The summed E-state index contributed by atoms with van der Waals surface area (Å²) in [5.74, 6) is 0. The second-order valence-corrected chi connectivity index (χ2v) is 9.54. The molecule has 0 aliphatic heterocycles. The number of alkyl halides is 3.